The zero-order chi connectivity index (χ0) is 11.7. The van der Waals surface area contributed by atoms with Gasteiger partial charge in [-0.15, -0.1) is 0 Å². The number of benzene rings is 1. The molecular weight excluding hydrogens is 203 g/mol. The molecule has 0 unspecified atom stereocenters. The summed E-state index contributed by atoms with van der Waals surface area (Å²) in [7, 11) is 1.83. The first kappa shape index (κ1) is 10.9. The van der Waals surface area contributed by atoms with E-state index in [9.17, 15) is 4.39 Å². The number of aryl methyl sites for hydroxylation is 1. The van der Waals surface area contributed by atoms with Gasteiger partial charge in [0.1, 0.15) is 5.82 Å². The predicted molar refractivity (Wildman–Crippen MR) is 62.7 cm³/mol. The molecule has 0 bridgehead atoms. The van der Waals surface area contributed by atoms with Crippen molar-refractivity contribution in [3.05, 3.63) is 42.0 Å². The van der Waals surface area contributed by atoms with Gasteiger partial charge in [0, 0.05) is 24.4 Å². The molecule has 3 heteroatoms. The molecule has 0 saturated carbocycles. The second kappa shape index (κ2) is 4.08. The Bertz CT molecular complexity index is 500. The lowest BCUT2D eigenvalue weighted by Crippen LogP contribution is -1.91. The Morgan fingerprint density at radius 2 is 2.06 bits per heavy atom. The van der Waals surface area contributed by atoms with Crippen LogP contribution in [0.4, 0.5) is 4.39 Å². The first-order valence-electron chi connectivity index (χ1n) is 5.36. The minimum Gasteiger partial charge on any atom is -0.275 e. The molecule has 2 nitrogen and oxygen atoms in total. The molecule has 0 radical (unpaired) electrons. The van der Waals surface area contributed by atoms with Gasteiger partial charge in [-0.25, -0.2) is 4.39 Å². The van der Waals surface area contributed by atoms with Gasteiger partial charge in [0.25, 0.3) is 0 Å². The Morgan fingerprint density at radius 1 is 1.31 bits per heavy atom. The van der Waals surface area contributed by atoms with E-state index in [2.05, 4.69) is 18.9 Å². The summed E-state index contributed by atoms with van der Waals surface area (Å²) in [6.45, 7) is 4.19. The van der Waals surface area contributed by atoms with Crippen LogP contribution in [-0.4, -0.2) is 9.78 Å². The largest absolute Gasteiger partial charge is 0.275 e. The molecule has 0 aliphatic carbocycles. The van der Waals surface area contributed by atoms with Crippen LogP contribution in [0.3, 0.4) is 0 Å². The third-order valence-corrected chi connectivity index (χ3v) is 2.67. The van der Waals surface area contributed by atoms with Gasteiger partial charge in [-0.05, 0) is 23.6 Å². The van der Waals surface area contributed by atoms with Crippen LogP contribution in [0.15, 0.2) is 30.6 Å². The number of hydrogen-bond donors (Lipinski definition) is 0. The maximum absolute atomic E-state index is 13.7. The fraction of sp³-hybridized carbons (Fsp3) is 0.308. The van der Waals surface area contributed by atoms with Gasteiger partial charge in [0.2, 0.25) is 0 Å². The van der Waals surface area contributed by atoms with Gasteiger partial charge in [-0.3, -0.25) is 4.68 Å². The molecule has 0 N–H and O–H groups in total. The average molecular weight is 218 g/mol. The smallest absolute Gasteiger partial charge is 0.131 e. The maximum atomic E-state index is 13.7. The number of rotatable bonds is 2. The van der Waals surface area contributed by atoms with Crippen molar-refractivity contribution in [3.63, 3.8) is 0 Å². The van der Waals surface area contributed by atoms with Crippen LogP contribution in [0, 0.1) is 5.82 Å². The van der Waals surface area contributed by atoms with Crippen LogP contribution in [-0.2, 0) is 7.05 Å². The monoisotopic (exact) mass is 218 g/mol. The summed E-state index contributed by atoms with van der Waals surface area (Å²) in [6.07, 6.45) is 3.50. The zero-order valence-corrected chi connectivity index (χ0v) is 9.74. The highest BCUT2D eigenvalue weighted by Crippen LogP contribution is 2.26. The third-order valence-electron chi connectivity index (χ3n) is 2.67. The number of nitrogens with zero attached hydrogens (tertiary/aromatic N) is 2. The maximum Gasteiger partial charge on any atom is 0.131 e. The van der Waals surface area contributed by atoms with Gasteiger partial charge in [-0.2, -0.15) is 5.10 Å². The summed E-state index contributed by atoms with van der Waals surface area (Å²) in [5.41, 5.74) is 2.59. The van der Waals surface area contributed by atoms with Crippen LogP contribution in [0.2, 0.25) is 0 Å². The van der Waals surface area contributed by atoms with Crippen molar-refractivity contribution >= 4 is 0 Å². The molecule has 0 amide bonds. The Morgan fingerprint density at radius 3 is 2.62 bits per heavy atom. The molecule has 0 spiro atoms. The van der Waals surface area contributed by atoms with Crippen LogP contribution in [0.25, 0.3) is 11.1 Å². The van der Waals surface area contributed by atoms with E-state index in [0.717, 1.165) is 11.1 Å². The topological polar surface area (TPSA) is 17.8 Å². The highest BCUT2D eigenvalue weighted by molar-refractivity contribution is 5.63. The molecule has 0 aliphatic heterocycles. The van der Waals surface area contributed by atoms with E-state index in [0.29, 0.717) is 11.5 Å². The Hall–Kier alpha value is -1.64. The average Bonchev–Trinajstić information content (AvgIpc) is 2.65. The van der Waals surface area contributed by atoms with Crippen molar-refractivity contribution in [2.75, 3.05) is 0 Å². The van der Waals surface area contributed by atoms with Crippen molar-refractivity contribution in [1.82, 2.24) is 9.78 Å². The minimum absolute atomic E-state index is 0.197. The third kappa shape index (κ3) is 1.98. The highest BCUT2D eigenvalue weighted by atomic mass is 19.1. The number of aromatic nitrogens is 2. The molecule has 1 aromatic heterocycles. The standard InChI is InChI=1S/C13H15FN2/c1-9(2)10-4-5-13(14)12(6-10)11-7-15-16(3)8-11/h4-9H,1-3H3. The summed E-state index contributed by atoms with van der Waals surface area (Å²) in [6, 6.07) is 5.26. The minimum atomic E-state index is -0.197. The summed E-state index contributed by atoms with van der Waals surface area (Å²) in [4.78, 5) is 0. The van der Waals surface area contributed by atoms with E-state index >= 15 is 0 Å². The SMILES string of the molecule is CC(C)c1ccc(F)c(-c2cnn(C)c2)c1. The van der Waals surface area contributed by atoms with Crippen molar-refractivity contribution < 1.29 is 4.39 Å². The summed E-state index contributed by atoms with van der Waals surface area (Å²) < 4.78 is 15.4. The predicted octanol–water partition coefficient (Wildman–Crippen LogP) is 3.35. The molecule has 0 aliphatic rings. The van der Waals surface area contributed by atoms with Crippen molar-refractivity contribution in [3.8, 4) is 11.1 Å². The fourth-order valence-electron chi connectivity index (χ4n) is 1.68. The fourth-order valence-corrected chi connectivity index (χ4v) is 1.68. The lowest BCUT2D eigenvalue weighted by molar-refractivity contribution is 0.630. The van der Waals surface area contributed by atoms with Gasteiger partial charge in [0.05, 0.1) is 6.20 Å². The molecule has 16 heavy (non-hydrogen) atoms. The first-order chi connectivity index (χ1) is 7.58. The zero-order valence-electron chi connectivity index (χ0n) is 9.74. The van der Waals surface area contributed by atoms with Crippen LogP contribution in [0.1, 0.15) is 25.3 Å². The van der Waals surface area contributed by atoms with Crippen molar-refractivity contribution in [1.29, 1.82) is 0 Å². The molecular formula is C13H15FN2. The molecule has 84 valence electrons. The quantitative estimate of drug-likeness (QED) is 0.755. The molecule has 0 fully saturated rings. The Kier molecular flexibility index (Phi) is 2.77. The molecule has 0 saturated heterocycles. The Balaban J connectivity index is 2.51. The molecule has 0 atom stereocenters. The summed E-state index contributed by atoms with van der Waals surface area (Å²) >= 11 is 0. The van der Waals surface area contributed by atoms with E-state index in [1.54, 1.807) is 10.9 Å². The molecule has 1 heterocycles. The lowest BCUT2D eigenvalue weighted by atomic mass is 9.98. The lowest BCUT2D eigenvalue weighted by Gasteiger charge is -2.08. The Labute approximate surface area is 94.7 Å². The number of hydrogen-bond acceptors (Lipinski definition) is 1. The van der Waals surface area contributed by atoms with E-state index < -0.39 is 0 Å². The van der Waals surface area contributed by atoms with Crippen LogP contribution in [0.5, 0.6) is 0 Å². The second-order valence-corrected chi connectivity index (χ2v) is 4.30. The highest BCUT2D eigenvalue weighted by Gasteiger charge is 2.09. The van der Waals surface area contributed by atoms with Gasteiger partial charge >= 0.3 is 0 Å². The normalized spacial score (nSPS) is 11.1. The molecule has 2 rings (SSSR count). The van der Waals surface area contributed by atoms with Gasteiger partial charge in [0.15, 0.2) is 0 Å². The first-order valence-corrected chi connectivity index (χ1v) is 5.36. The van der Waals surface area contributed by atoms with Crippen LogP contribution >= 0.6 is 0 Å². The van der Waals surface area contributed by atoms with E-state index in [1.165, 1.54) is 6.07 Å². The molecule has 2 aromatic rings. The molecule has 1 aromatic carbocycles. The van der Waals surface area contributed by atoms with Gasteiger partial charge in [-0.1, -0.05) is 19.9 Å². The van der Waals surface area contributed by atoms with Crippen LogP contribution < -0.4 is 0 Å². The van der Waals surface area contributed by atoms with Gasteiger partial charge < -0.3 is 0 Å². The number of halogens is 1. The summed E-state index contributed by atoms with van der Waals surface area (Å²) in [5, 5.41) is 4.06. The van der Waals surface area contributed by atoms with Crippen molar-refractivity contribution in [2.45, 2.75) is 19.8 Å². The second-order valence-electron chi connectivity index (χ2n) is 4.30. The summed E-state index contributed by atoms with van der Waals surface area (Å²) in [5.74, 6) is 0.202. The van der Waals surface area contributed by atoms with E-state index in [-0.39, 0.29) is 5.82 Å². The van der Waals surface area contributed by atoms with Crippen molar-refractivity contribution in [2.24, 2.45) is 7.05 Å². The van der Waals surface area contributed by atoms with E-state index in [1.807, 2.05) is 25.4 Å². The van der Waals surface area contributed by atoms with E-state index in [4.69, 9.17) is 0 Å².